The molecule has 1 aliphatic heterocycles. The Morgan fingerprint density at radius 1 is 1.04 bits per heavy atom. The average Bonchev–Trinajstić information content (AvgIpc) is 2.92. The Bertz CT molecular complexity index is 1120. The third kappa shape index (κ3) is 4.03. The fraction of sp³-hybridized carbons (Fsp3) is 0.294. The Morgan fingerprint density at radius 2 is 1.74 bits per heavy atom. The monoisotopic (exact) mass is 448 g/mol. The lowest BCUT2D eigenvalue weighted by Gasteiger charge is -2.19. The van der Waals surface area contributed by atoms with Crippen LogP contribution in [0.1, 0.15) is 17.5 Å². The highest BCUT2D eigenvalue weighted by Crippen LogP contribution is 2.32. The first kappa shape index (κ1) is 20.3. The van der Waals surface area contributed by atoms with Gasteiger partial charge in [0.05, 0.1) is 22.2 Å². The van der Waals surface area contributed by atoms with E-state index in [1.807, 2.05) is 0 Å². The molecule has 6 nitrogen and oxygen atoms in total. The van der Waals surface area contributed by atoms with Crippen molar-refractivity contribution in [3.05, 3.63) is 51.5 Å². The van der Waals surface area contributed by atoms with Crippen molar-refractivity contribution < 1.29 is 16.8 Å². The minimum absolute atomic E-state index is 0.00836. The summed E-state index contributed by atoms with van der Waals surface area (Å²) in [6.07, 6.45) is 0.539. The summed E-state index contributed by atoms with van der Waals surface area (Å²) in [5.74, 6) is 0.0849. The smallest absolute Gasteiger partial charge is 0.263 e. The number of sulfonamides is 2. The number of aryl methyl sites for hydroxylation is 2. The topological polar surface area (TPSA) is 83.6 Å². The predicted molar refractivity (Wildman–Crippen MR) is 109 cm³/mol. The first-order valence-corrected chi connectivity index (χ1v) is 12.0. The number of hydrogen-bond acceptors (Lipinski definition) is 4. The van der Waals surface area contributed by atoms with Gasteiger partial charge in [-0.3, -0.25) is 9.03 Å². The van der Waals surface area contributed by atoms with Gasteiger partial charge in [0, 0.05) is 11.6 Å². The van der Waals surface area contributed by atoms with Crippen molar-refractivity contribution >= 4 is 54.6 Å². The van der Waals surface area contributed by atoms with Gasteiger partial charge in [-0.25, -0.2) is 16.8 Å². The van der Waals surface area contributed by atoms with Gasteiger partial charge in [-0.2, -0.15) is 0 Å². The Kier molecular flexibility index (Phi) is 5.37. The van der Waals surface area contributed by atoms with Gasteiger partial charge in [0.15, 0.2) is 0 Å². The van der Waals surface area contributed by atoms with E-state index in [0.29, 0.717) is 40.5 Å². The molecular weight excluding hydrogens is 431 g/mol. The number of nitrogens with zero attached hydrogens (tertiary/aromatic N) is 1. The third-order valence-corrected chi connectivity index (χ3v) is 8.46. The van der Waals surface area contributed by atoms with E-state index in [0.717, 1.165) is 0 Å². The van der Waals surface area contributed by atoms with E-state index in [1.54, 1.807) is 26.0 Å². The van der Waals surface area contributed by atoms with Gasteiger partial charge in [0.2, 0.25) is 10.0 Å². The lowest BCUT2D eigenvalue weighted by molar-refractivity contribution is 0.598. The van der Waals surface area contributed by atoms with Gasteiger partial charge in [-0.1, -0.05) is 29.3 Å². The lowest BCUT2D eigenvalue weighted by Crippen LogP contribution is -2.25. The second kappa shape index (κ2) is 7.16. The van der Waals surface area contributed by atoms with Crippen LogP contribution in [-0.2, 0) is 20.0 Å². The van der Waals surface area contributed by atoms with Crippen LogP contribution >= 0.6 is 23.2 Å². The minimum atomic E-state index is -3.98. The molecule has 10 heteroatoms. The van der Waals surface area contributed by atoms with Crippen LogP contribution in [0.15, 0.2) is 35.2 Å². The van der Waals surface area contributed by atoms with Gasteiger partial charge >= 0.3 is 0 Å². The quantitative estimate of drug-likeness (QED) is 0.766. The Labute approximate surface area is 169 Å². The Balaban J connectivity index is 2.00. The fourth-order valence-corrected chi connectivity index (χ4v) is 6.35. The zero-order valence-corrected chi connectivity index (χ0v) is 17.8. The van der Waals surface area contributed by atoms with E-state index in [4.69, 9.17) is 23.2 Å². The van der Waals surface area contributed by atoms with Gasteiger partial charge in [0.25, 0.3) is 10.0 Å². The summed E-state index contributed by atoms with van der Waals surface area (Å²) in [6.45, 7) is 3.79. The largest absolute Gasteiger partial charge is 0.279 e. The molecule has 3 rings (SSSR count). The summed E-state index contributed by atoms with van der Waals surface area (Å²) in [5.41, 5.74) is 1.95. The van der Waals surface area contributed by atoms with Crippen LogP contribution in [0.2, 0.25) is 10.0 Å². The zero-order chi connectivity index (χ0) is 20.0. The van der Waals surface area contributed by atoms with Crippen LogP contribution in [0.5, 0.6) is 0 Å². The van der Waals surface area contributed by atoms with Crippen LogP contribution in [0.25, 0.3) is 0 Å². The Morgan fingerprint density at radius 3 is 2.37 bits per heavy atom. The van der Waals surface area contributed by atoms with E-state index < -0.39 is 20.0 Å². The molecule has 0 spiro atoms. The summed E-state index contributed by atoms with van der Waals surface area (Å²) in [6, 6.07) is 7.64. The molecule has 0 radical (unpaired) electrons. The highest BCUT2D eigenvalue weighted by molar-refractivity contribution is 7.93. The molecule has 0 amide bonds. The molecule has 0 saturated carbocycles. The SMILES string of the molecule is Cc1cc(S(=O)(=O)Nc2cc(N3CCCS3(=O)=O)ccc2C)c(Cl)cc1Cl. The van der Waals surface area contributed by atoms with Crippen LogP contribution < -0.4 is 9.03 Å². The molecule has 27 heavy (non-hydrogen) atoms. The van der Waals surface area contributed by atoms with Crippen molar-refractivity contribution in [2.45, 2.75) is 25.2 Å². The number of rotatable bonds is 4. The number of benzene rings is 2. The van der Waals surface area contributed by atoms with Crippen LogP contribution in [0, 0.1) is 13.8 Å². The number of halogens is 2. The minimum Gasteiger partial charge on any atom is -0.279 e. The molecule has 0 unspecified atom stereocenters. The normalized spacial score (nSPS) is 16.5. The molecule has 1 N–H and O–H groups in total. The average molecular weight is 449 g/mol. The maximum absolute atomic E-state index is 12.8. The summed E-state index contributed by atoms with van der Waals surface area (Å²) in [4.78, 5) is -0.0929. The summed E-state index contributed by atoms with van der Waals surface area (Å²) < 4.78 is 53.7. The second-order valence-electron chi connectivity index (χ2n) is 6.38. The molecule has 2 aromatic carbocycles. The van der Waals surface area contributed by atoms with Crippen molar-refractivity contribution in [2.24, 2.45) is 0 Å². The molecule has 0 aliphatic carbocycles. The molecular formula is C17H18Cl2N2O4S2. The molecule has 1 aliphatic rings. The van der Waals surface area contributed by atoms with Crippen molar-refractivity contribution in [3.63, 3.8) is 0 Å². The van der Waals surface area contributed by atoms with Gasteiger partial charge in [0.1, 0.15) is 4.90 Å². The van der Waals surface area contributed by atoms with E-state index in [9.17, 15) is 16.8 Å². The molecule has 2 aromatic rings. The maximum atomic E-state index is 12.8. The molecule has 1 heterocycles. The zero-order valence-electron chi connectivity index (χ0n) is 14.7. The van der Waals surface area contributed by atoms with E-state index >= 15 is 0 Å². The van der Waals surface area contributed by atoms with E-state index in [1.165, 1.54) is 22.5 Å². The molecule has 146 valence electrons. The first-order chi connectivity index (χ1) is 12.5. The molecule has 0 atom stereocenters. The van der Waals surface area contributed by atoms with Crippen LogP contribution in [0.3, 0.4) is 0 Å². The van der Waals surface area contributed by atoms with Gasteiger partial charge in [-0.15, -0.1) is 0 Å². The molecule has 0 bridgehead atoms. The first-order valence-electron chi connectivity index (χ1n) is 8.11. The van der Waals surface area contributed by atoms with Crippen LogP contribution in [0.4, 0.5) is 11.4 Å². The number of nitrogens with one attached hydrogen (secondary N) is 1. The molecule has 1 saturated heterocycles. The van der Waals surface area contributed by atoms with Crippen LogP contribution in [-0.4, -0.2) is 29.1 Å². The molecule has 0 aromatic heterocycles. The van der Waals surface area contributed by atoms with Crippen molar-refractivity contribution in [3.8, 4) is 0 Å². The third-order valence-electron chi connectivity index (χ3n) is 4.36. The fourth-order valence-electron chi connectivity index (χ4n) is 2.84. The Hall–Kier alpha value is -1.48. The van der Waals surface area contributed by atoms with E-state index in [2.05, 4.69) is 4.72 Å². The maximum Gasteiger partial charge on any atom is 0.263 e. The van der Waals surface area contributed by atoms with Crippen molar-refractivity contribution in [1.29, 1.82) is 0 Å². The van der Waals surface area contributed by atoms with Crippen molar-refractivity contribution in [1.82, 2.24) is 0 Å². The van der Waals surface area contributed by atoms with Gasteiger partial charge < -0.3 is 0 Å². The summed E-state index contributed by atoms with van der Waals surface area (Å²) >= 11 is 12.1. The van der Waals surface area contributed by atoms with Crippen molar-refractivity contribution in [2.75, 3.05) is 21.3 Å². The lowest BCUT2D eigenvalue weighted by atomic mass is 10.2. The second-order valence-corrected chi connectivity index (χ2v) is 10.9. The summed E-state index contributed by atoms with van der Waals surface area (Å²) in [7, 11) is -7.35. The number of anilines is 2. The van der Waals surface area contributed by atoms with E-state index in [-0.39, 0.29) is 15.7 Å². The summed E-state index contributed by atoms with van der Waals surface area (Å²) in [5, 5.41) is 0.380. The predicted octanol–water partition coefficient (Wildman–Crippen LogP) is 3.95. The highest BCUT2D eigenvalue weighted by Gasteiger charge is 2.29. The standard InChI is InChI=1S/C17H18Cl2N2O4S2/c1-11-4-5-13(21-6-3-7-26(21,22)23)9-16(11)20-27(24,25)17-8-12(2)14(18)10-15(17)19/h4-5,8-10,20H,3,6-7H2,1-2H3. The van der Waals surface area contributed by atoms with Gasteiger partial charge in [-0.05, 0) is 55.7 Å². The highest BCUT2D eigenvalue weighted by atomic mass is 35.5. The number of hydrogen-bond donors (Lipinski definition) is 1. The molecule has 1 fully saturated rings.